The minimum atomic E-state index is -2.85. The standard InChI is InChI=1S/C16H17F2N5OS.HI/c1-19-15(21-9-12-10-23-6-7-25-16(23)22-12)20-8-11-4-2-3-5-13(11)24-14(17)18;/h2-7,10,14H,8-9H2,1H3,(H2,19,20,21);1H. The molecule has 0 bridgehead atoms. The zero-order valence-corrected chi connectivity index (χ0v) is 17.0. The van der Waals surface area contributed by atoms with E-state index in [9.17, 15) is 8.78 Å². The molecule has 2 N–H and O–H groups in total. The molecular weight excluding hydrogens is 475 g/mol. The zero-order chi connectivity index (χ0) is 17.6. The molecule has 10 heteroatoms. The van der Waals surface area contributed by atoms with E-state index in [1.807, 2.05) is 22.2 Å². The number of rotatable bonds is 6. The third-order valence-corrected chi connectivity index (χ3v) is 4.21. The van der Waals surface area contributed by atoms with Crippen LogP contribution in [0, 0.1) is 0 Å². The summed E-state index contributed by atoms with van der Waals surface area (Å²) < 4.78 is 31.4. The molecule has 0 unspecified atom stereocenters. The van der Waals surface area contributed by atoms with Gasteiger partial charge in [-0.15, -0.1) is 35.3 Å². The number of fused-ring (bicyclic) bond motifs is 1. The third kappa shape index (κ3) is 5.27. The van der Waals surface area contributed by atoms with Crippen molar-refractivity contribution in [3.8, 4) is 5.75 Å². The largest absolute Gasteiger partial charge is 0.434 e. The van der Waals surface area contributed by atoms with Crippen LogP contribution >= 0.6 is 35.3 Å². The molecule has 0 saturated carbocycles. The van der Waals surface area contributed by atoms with Crippen molar-refractivity contribution in [3.63, 3.8) is 0 Å². The van der Waals surface area contributed by atoms with E-state index in [0.717, 1.165) is 10.7 Å². The Hall–Kier alpha value is -1.95. The first-order chi connectivity index (χ1) is 12.2. The fourth-order valence-corrected chi connectivity index (χ4v) is 3.01. The number of nitrogens with one attached hydrogen (secondary N) is 2. The van der Waals surface area contributed by atoms with E-state index in [1.54, 1.807) is 36.6 Å². The molecule has 0 atom stereocenters. The lowest BCUT2D eigenvalue weighted by atomic mass is 10.2. The number of hydrogen-bond donors (Lipinski definition) is 2. The highest BCUT2D eigenvalue weighted by molar-refractivity contribution is 14.0. The summed E-state index contributed by atoms with van der Waals surface area (Å²) in [6.45, 7) is -2.04. The second-order valence-corrected chi connectivity index (χ2v) is 5.96. The molecule has 0 saturated heterocycles. The summed E-state index contributed by atoms with van der Waals surface area (Å²) in [5, 5.41) is 8.20. The SMILES string of the molecule is CN=C(NCc1cn2ccsc2n1)NCc1ccccc1OC(F)F.I. The van der Waals surface area contributed by atoms with Crippen molar-refractivity contribution in [1.29, 1.82) is 0 Å². The summed E-state index contributed by atoms with van der Waals surface area (Å²) in [5.74, 6) is 0.693. The molecule has 1 aromatic carbocycles. The van der Waals surface area contributed by atoms with Crippen LogP contribution in [0.1, 0.15) is 11.3 Å². The van der Waals surface area contributed by atoms with E-state index >= 15 is 0 Å². The summed E-state index contributed by atoms with van der Waals surface area (Å²) in [5.41, 5.74) is 1.50. The summed E-state index contributed by atoms with van der Waals surface area (Å²) in [6, 6.07) is 6.65. The van der Waals surface area contributed by atoms with E-state index in [-0.39, 0.29) is 29.7 Å². The zero-order valence-electron chi connectivity index (χ0n) is 13.9. The van der Waals surface area contributed by atoms with E-state index in [4.69, 9.17) is 0 Å². The first-order valence-corrected chi connectivity index (χ1v) is 8.42. The molecule has 140 valence electrons. The topological polar surface area (TPSA) is 63.0 Å². The first-order valence-electron chi connectivity index (χ1n) is 7.54. The molecule has 2 heterocycles. The van der Waals surface area contributed by atoms with Crippen molar-refractivity contribution in [1.82, 2.24) is 20.0 Å². The van der Waals surface area contributed by atoms with Crippen molar-refractivity contribution in [2.45, 2.75) is 19.7 Å². The van der Waals surface area contributed by atoms with Gasteiger partial charge in [-0.2, -0.15) is 8.78 Å². The van der Waals surface area contributed by atoms with Gasteiger partial charge in [-0.3, -0.25) is 9.39 Å². The van der Waals surface area contributed by atoms with E-state index in [2.05, 4.69) is 25.3 Å². The highest BCUT2D eigenvalue weighted by Crippen LogP contribution is 2.19. The minimum Gasteiger partial charge on any atom is -0.434 e. The Morgan fingerprint density at radius 2 is 2.08 bits per heavy atom. The molecule has 0 radical (unpaired) electrons. The van der Waals surface area contributed by atoms with Crippen LogP contribution in [0.15, 0.2) is 47.0 Å². The van der Waals surface area contributed by atoms with Gasteiger partial charge < -0.3 is 15.4 Å². The Kier molecular flexibility index (Phi) is 7.57. The molecule has 0 aliphatic rings. The summed E-state index contributed by atoms with van der Waals surface area (Å²) in [4.78, 5) is 9.53. The van der Waals surface area contributed by atoms with E-state index < -0.39 is 6.61 Å². The van der Waals surface area contributed by atoms with Crippen molar-refractivity contribution in [3.05, 3.63) is 53.3 Å². The number of alkyl halides is 2. The van der Waals surface area contributed by atoms with Crippen LogP contribution in [0.4, 0.5) is 8.78 Å². The maximum Gasteiger partial charge on any atom is 0.387 e. The van der Waals surface area contributed by atoms with Crippen LogP contribution in [-0.2, 0) is 13.1 Å². The normalized spacial score (nSPS) is 11.5. The number of ether oxygens (including phenoxy) is 1. The van der Waals surface area contributed by atoms with Crippen molar-refractivity contribution in [2.75, 3.05) is 7.05 Å². The lowest BCUT2D eigenvalue weighted by Gasteiger charge is -2.14. The average molecular weight is 493 g/mol. The molecular formula is C16H18F2IN5OS. The van der Waals surface area contributed by atoms with Crippen LogP contribution in [0.5, 0.6) is 5.75 Å². The highest BCUT2D eigenvalue weighted by atomic mass is 127. The van der Waals surface area contributed by atoms with Crippen molar-refractivity contribution in [2.24, 2.45) is 4.99 Å². The predicted octanol–water partition coefficient (Wildman–Crippen LogP) is 3.48. The number of thiazole rings is 1. The first kappa shape index (κ1) is 20.4. The average Bonchev–Trinajstić information content (AvgIpc) is 3.17. The lowest BCUT2D eigenvalue weighted by molar-refractivity contribution is -0.0504. The van der Waals surface area contributed by atoms with Gasteiger partial charge in [-0.25, -0.2) is 4.98 Å². The fourth-order valence-electron chi connectivity index (χ4n) is 2.30. The molecule has 0 spiro atoms. The Bertz CT molecular complexity index is 839. The van der Waals surface area contributed by atoms with E-state index in [1.165, 1.54) is 6.07 Å². The van der Waals surface area contributed by atoms with Gasteiger partial charge in [0.15, 0.2) is 10.9 Å². The number of aromatic nitrogens is 2. The molecule has 0 amide bonds. The molecule has 3 rings (SSSR count). The number of imidazole rings is 1. The van der Waals surface area contributed by atoms with Gasteiger partial charge >= 0.3 is 6.61 Å². The van der Waals surface area contributed by atoms with Crippen LogP contribution in [-0.4, -0.2) is 29.0 Å². The third-order valence-electron chi connectivity index (χ3n) is 3.44. The van der Waals surface area contributed by atoms with Crippen molar-refractivity contribution >= 4 is 46.2 Å². The Morgan fingerprint density at radius 3 is 2.81 bits per heavy atom. The number of halogens is 3. The van der Waals surface area contributed by atoms with Gasteiger partial charge in [0.1, 0.15) is 5.75 Å². The van der Waals surface area contributed by atoms with Gasteiger partial charge in [-0.1, -0.05) is 18.2 Å². The number of guanidine groups is 1. The van der Waals surface area contributed by atoms with Gasteiger partial charge in [0.05, 0.1) is 12.2 Å². The molecule has 0 fully saturated rings. The minimum absolute atomic E-state index is 0. The van der Waals surface area contributed by atoms with Gasteiger partial charge in [0, 0.05) is 36.9 Å². The summed E-state index contributed by atoms with van der Waals surface area (Å²) in [6.07, 6.45) is 3.89. The van der Waals surface area contributed by atoms with E-state index in [0.29, 0.717) is 24.6 Å². The predicted molar refractivity (Wildman–Crippen MR) is 109 cm³/mol. The van der Waals surface area contributed by atoms with Crippen LogP contribution in [0.3, 0.4) is 0 Å². The second kappa shape index (κ2) is 9.67. The van der Waals surface area contributed by atoms with Crippen LogP contribution in [0.25, 0.3) is 4.96 Å². The number of hydrogen-bond acceptors (Lipinski definition) is 4. The highest BCUT2D eigenvalue weighted by Gasteiger charge is 2.10. The fraction of sp³-hybridized carbons (Fsp3) is 0.250. The number of aliphatic imine (C=N–C) groups is 1. The second-order valence-electron chi connectivity index (χ2n) is 5.09. The molecule has 0 aliphatic carbocycles. The number of benzene rings is 1. The molecule has 6 nitrogen and oxygen atoms in total. The number of nitrogens with zero attached hydrogens (tertiary/aromatic N) is 3. The smallest absolute Gasteiger partial charge is 0.387 e. The Balaban J connectivity index is 0.00000243. The summed E-state index contributed by atoms with van der Waals surface area (Å²) in [7, 11) is 1.64. The number of para-hydroxylation sites is 1. The molecule has 0 aliphatic heterocycles. The molecule has 3 aromatic rings. The van der Waals surface area contributed by atoms with Gasteiger partial charge in [0.25, 0.3) is 0 Å². The van der Waals surface area contributed by atoms with Crippen LogP contribution < -0.4 is 15.4 Å². The quantitative estimate of drug-likeness (QED) is 0.314. The lowest BCUT2D eigenvalue weighted by Crippen LogP contribution is -2.36. The van der Waals surface area contributed by atoms with Gasteiger partial charge in [0.2, 0.25) is 0 Å². The maximum absolute atomic E-state index is 12.4. The maximum atomic E-state index is 12.4. The summed E-state index contributed by atoms with van der Waals surface area (Å²) >= 11 is 1.57. The van der Waals surface area contributed by atoms with Crippen molar-refractivity contribution < 1.29 is 13.5 Å². The monoisotopic (exact) mass is 493 g/mol. The molecule has 2 aromatic heterocycles. The molecule has 26 heavy (non-hydrogen) atoms. The Morgan fingerprint density at radius 1 is 1.31 bits per heavy atom. The Labute approximate surface area is 170 Å². The van der Waals surface area contributed by atoms with Gasteiger partial charge in [-0.05, 0) is 6.07 Å². The van der Waals surface area contributed by atoms with Crippen LogP contribution in [0.2, 0.25) is 0 Å².